The average Bonchev–Trinajstić information content (AvgIpc) is 2.45. The molecule has 4 N–H and O–H groups in total. The zero-order chi connectivity index (χ0) is 14.7. The maximum absolute atomic E-state index is 10.8. The van der Waals surface area contributed by atoms with E-state index in [2.05, 4.69) is 10.6 Å². The number of carboxylic acid groups (broad SMARTS) is 1. The number of fused-ring (bicyclic) bond motifs is 1. The largest absolute Gasteiger partial charge is 0.491 e. The summed E-state index contributed by atoms with van der Waals surface area (Å²) in [5.74, 6) is -0.702. The number of ether oxygens (including phenoxy) is 1. The summed E-state index contributed by atoms with van der Waals surface area (Å²) in [5.41, 5.74) is 1.64. The van der Waals surface area contributed by atoms with Gasteiger partial charge in [0.15, 0.2) is 0 Å². The van der Waals surface area contributed by atoms with Gasteiger partial charge in [-0.2, -0.15) is 0 Å². The molecule has 1 aromatic rings. The van der Waals surface area contributed by atoms with Gasteiger partial charge in [0.25, 0.3) is 0 Å². The highest BCUT2D eigenvalue weighted by Crippen LogP contribution is 2.34. The molecule has 6 heteroatoms. The van der Waals surface area contributed by atoms with Crippen LogP contribution in [0.1, 0.15) is 18.6 Å². The third-order valence-electron chi connectivity index (χ3n) is 3.53. The first kappa shape index (κ1) is 14.6. The van der Waals surface area contributed by atoms with Gasteiger partial charge in [-0.05, 0) is 6.07 Å². The number of aliphatic carboxylic acids is 1. The van der Waals surface area contributed by atoms with Crippen LogP contribution < -0.4 is 15.4 Å². The number of aliphatic hydroxyl groups excluding tert-OH is 1. The van der Waals surface area contributed by atoms with Crippen LogP contribution in [-0.4, -0.2) is 42.4 Å². The van der Waals surface area contributed by atoms with Crippen LogP contribution in [0.25, 0.3) is 0 Å². The van der Waals surface area contributed by atoms with Crippen molar-refractivity contribution in [3.05, 3.63) is 23.8 Å². The maximum Gasteiger partial charge on any atom is 0.307 e. The summed E-state index contributed by atoms with van der Waals surface area (Å²) < 4.78 is 5.63. The molecule has 0 aromatic heterocycles. The third kappa shape index (κ3) is 3.02. The number of anilines is 1. The number of carbonyl (C=O) groups is 1. The number of nitrogens with one attached hydrogen (secondary N) is 2. The molecule has 1 unspecified atom stereocenters. The first-order chi connectivity index (χ1) is 9.52. The van der Waals surface area contributed by atoms with Crippen molar-refractivity contribution < 1.29 is 19.7 Å². The zero-order valence-electron chi connectivity index (χ0n) is 11.6. The Labute approximate surface area is 117 Å². The molecule has 1 aliphatic heterocycles. The van der Waals surface area contributed by atoms with E-state index in [0.29, 0.717) is 18.9 Å². The number of hydrogen-bond acceptors (Lipinski definition) is 5. The second-order valence-corrected chi connectivity index (χ2v) is 5.01. The Bertz CT molecular complexity index is 492. The lowest BCUT2D eigenvalue weighted by atomic mass is 9.98. The number of hydrogen-bond donors (Lipinski definition) is 4. The molecule has 1 heterocycles. The van der Waals surface area contributed by atoms with E-state index in [-0.39, 0.29) is 6.04 Å². The lowest BCUT2D eigenvalue weighted by Gasteiger charge is -2.31. The van der Waals surface area contributed by atoms with E-state index in [0.717, 1.165) is 11.3 Å². The van der Waals surface area contributed by atoms with Crippen molar-refractivity contribution in [2.24, 2.45) is 5.92 Å². The van der Waals surface area contributed by atoms with E-state index in [9.17, 15) is 9.90 Å². The molecule has 0 fully saturated rings. The van der Waals surface area contributed by atoms with Crippen LogP contribution in [0.5, 0.6) is 5.75 Å². The first-order valence-corrected chi connectivity index (χ1v) is 6.61. The molecule has 1 aromatic carbocycles. The van der Waals surface area contributed by atoms with Crippen LogP contribution >= 0.6 is 0 Å². The highest BCUT2D eigenvalue weighted by Gasteiger charge is 2.29. The fourth-order valence-electron chi connectivity index (χ4n) is 2.13. The Hall–Kier alpha value is -1.79. The summed E-state index contributed by atoms with van der Waals surface area (Å²) in [6.07, 6.45) is -0.703. The Morgan fingerprint density at radius 2 is 2.30 bits per heavy atom. The van der Waals surface area contributed by atoms with Crippen LogP contribution in [0, 0.1) is 5.92 Å². The first-order valence-electron chi connectivity index (χ1n) is 6.61. The van der Waals surface area contributed by atoms with Crippen molar-refractivity contribution in [3.8, 4) is 5.75 Å². The molecule has 110 valence electrons. The maximum atomic E-state index is 10.8. The van der Waals surface area contributed by atoms with Gasteiger partial charge in [0, 0.05) is 30.9 Å². The molecule has 0 saturated heterocycles. The fraction of sp³-hybridized carbons (Fsp3) is 0.500. The molecule has 0 aliphatic carbocycles. The molecule has 6 nitrogen and oxygen atoms in total. The van der Waals surface area contributed by atoms with E-state index < -0.39 is 18.0 Å². The van der Waals surface area contributed by atoms with Crippen molar-refractivity contribution in [1.82, 2.24) is 5.32 Å². The predicted octanol–water partition coefficient (Wildman–Crippen LogP) is 0.833. The Balaban J connectivity index is 2.04. The van der Waals surface area contributed by atoms with Gasteiger partial charge in [0.1, 0.15) is 18.5 Å². The van der Waals surface area contributed by atoms with Crippen LogP contribution in [0.4, 0.5) is 5.69 Å². The highest BCUT2D eigenvalue weighted by atomic mass is 16.5. The van der Waals surface area contributed by atoms with Gasteiger partial charge in [0.05, 0.1) is 12.0 Å². The van der Waals surface area contributed by atoms with Crippen LogP contribution in [-0.2, 0) is 4.79 Å². The second-order valence-electron chi connectivity index (χ2n) is 5.01. The van der Waals surface area contributed by atoms with E-state index in [1.54, 1.807) is 6.92 Å². The van der Waals surface area contributed by atoms with Crippen molar-refractivity contribution >= 4 is 11.7 Å². The van der Waals surface area contributed by atoms with Gasteiger partial charge in [0.2, 0.25) is 0 Å². The molecule has 0 radical (unpaired) electrons. The number of benzene rings is 1. The Kier molecular flexibility index (Phi) is 4.46. The molecule has 0 saturated carbocycles. The molecular weight excluding hydrogens is 260 g/mol. The third-order valence-corrected chi connectivity index (χ3v) is 3.53. The monoisotopic (exact) mass is 280 g/mol. The molecule has 0 spiro atoms. The highest BCUT2D eigenvalue weighted by molar-refractivity contribution is 5.69. The molecular formula is C14H20N2O4. The minimum absolute atomic E-state index is 0.296. The van der Waals surface area contributed by atoms with Gasteiger partial charge >= 0.3 is 5.97 Å². The van der Waals surface area contributed by atoms with Crippen molar-refractivity contribution in [2.75, 3.05) is 25.5 Å². The van der Waals surface area contributed by atoms with Crippen LogP contribution in [0.3, 0.4) is 0 Å². The van der Waals surface area contributed by atoms with Crippen LogP contribution in [0.2, 0.25) is 0 Å². The molecule has 3 atom stereocenters. The summed E-state index contributed by atoms with van der Waals surface area (Å²) in [6, 6.07) is 5.23. The average molecular weight is 280 g/mol. The van der Waals surface area contributed by atoms with Crippen molar-refractivity contribution in [3.63, 3.8) is 0 Å². The summed E-state index contributed by atoms with van der Waals surface area (Å²) in [7, 11) is 1.82. The minimum Gasteiger partial charge on any atom is -0.491 e. The molecule has 0 amide bonds. The topological polar surface area (TPSA) is 90.8 Å². The summed E-state index contributed by atoms with van der Waals surface area (Å²) >= 11 is 0. The fourth-order valence-corrected chi connectivity index (χ4v) is 2.13. The summed E-state index contributed by atoms with van der Waals surface area (Å²) in [6.45, 7) is 2.23. The minimum atomic E-state index is -0.859. The van der Waals surface area contributed by atoms with Gasteiger partial charge in [-0.3, -0.25) is 4.79 Å². The lowest BCUT2D eigenvalue weighted by Crippen LogP contribution is -2.45. The van der Waals surface area contributed by atoms with Gasteiger partial charge in [-0.1, -0.05) is 13.0 Å². The quantitative estimate of drug-likeness (QED) is 0.639. The lowest BCUT2D eigenvalue weighted by molar-refractivity contribution is -0.141. The number of rotatable bonds is 5. The standard InChI is InChI=1S/C14H20N2O4/c1-8(14(18)19)6-16-11-7-20-12-5-9(15-2)3-4-10(12)13(11)17/h3-5,8,11,13,15-17H,6-7H2,1-2H3,(H,18,19)/t8?,11-,13+/m1/s1. The molecule has 20 heavy (non-hydrogen) atoms. The van der Waals surface area contributed by atoms with E-state index in [4.69, 9.17) is 9.84 Å². The summed E-state index contributed by atoms with van der Waals surface area (Å²) in [5, 5.41) is 25.2. The Morgan fingerprint density at radius 3 is 2.95 bits per heavy atom. The van der Waals surface area contributed by atoms with Crippen molar-refractivity contribution in [1.29, 1.82) is 0 Å². The normalized spacial score (nSPS) is 22.6. The SMILES string of the molecule is CNc1ccc2c(c1)OC[C@@H](NCC(C)C(=O)O)[C@H]2O. The summed E-state index contributed by atoms with van der Waals surface area (Å²) in [4.78, 5) is 10.8. The smallest absolute Gasteiger partial charge is 0.307 e. The zero-order valence-corrected chi connectivity index (χ0v) is 11.6. The predicted molar refractivity (Wildman–Crippen MR) is 75.0 cm³/mol. The van der Waals surface area contributed by atoms with Gasteiger partial charge in [-0.25, -0.2) is 0 Å². The molecule has 1 aliphatic rings. The molecule has 0 bridgehead atoms. The number of aliphatic hydroxyl groups is 1. The van der Waals surface area contributed by atoms with E-state index in [1.165, 1.54) is 0 Å². The second kappa shape index (κ2) is 6.11. The van der Waals surface area contributed by atoms with Crippen molar-refractivity contribution in [2.45, 2.75) is 19.1 Å². The van der Waals surface area contributed by atoms with E-state index in [1.807, 2.05) is 25.2 Å². The Morgan fingerprint density at radius 1 is 1.55 bits per heavy atom. The van der Waals surface area contributed by atoms with Gasteiger partial charge < -0.3 is 25.6 Å². The number of carboxylic acids is 1. The van der Waals surface area contributed by atoms with Crippen LogP contribution in [0.15, 0.2) is 18.2 Å². The van der Waals surface area contributed by atoms with Gasteiger partial charge in [-0.15, -0.1) is 0 Å². The molecule has 2 rings (SSSR count). The van der Waals surface area contributed by atoms with E-state index >= 15 is 0 Å².